The van der Waals surface area contributed by atoms with Gasteiger partial charge in [-0.3, -0.25) is 9.78 Å². The maximum Gasteiger partial charge on any atom is 0.407 e. The Morgan fingerprint density at radius 3 is 2.32 bits per heavy atom. The third kappa shape index (κ3) is 8.29. The highest BCUT2D eigenvalue weighted by Crippen LogP contribution is 2.27. The minimum Gasteiger partial charge on any atom is -0.465 e. The molecule has 2 amide bonds. The maximum absolute atomic E-state index is 12.5. The molecule has 38 heavy (non-hydrogen) atoms. The van der Waals surface area contributed by atoms with Gasteiger partial charge in [0.25, 0.3) is 5.91 Å². The van der Waals surface area contributed by atoms with E-state index in [4.69, 9.17) is 0 Å². The van der Waals surface area contributed by atoms with E-state index in [2.05, 4.69) is 10.3 Å². The molecule has 2 aromatic carbocycles. The summed E-state index contributed by atoms with van der Waals surface area (Å²) in [5.41, 5.74) is 3.88. The first-order valence-corrected chi connectivity index (χ1v) is 13.9. The Kier molecular flexibility index (Phi) is 9.43. The Balaban J connectivity index is 1.72. The fourth-order valence-electron chi connectivity index (χ4n) is 3.86. The van der Waals surface area contributed by atoms with Crippen molar-refractivity contribution in [3.63, 3.8) is 0 Å². The summed E-state index contributed by atoms with van der Waals surface area (Å²) in [7, 11) is -3.71. The predicted octanol–water partition coefficient (Wildman–Crippen LogP) is 3.51. The molecule has 202 valence electrons. The molecule has 1 atom stereocenters. The number of hydrogen-bond acceptors (Lipinski definition) is 7. The van der Waals surface area contributed by atoms with Crippen LogP contribution in [0.15, 0.2) is 67.0 Å². The molecule has 0 aliphatic rings. The summed E-state index contributed by atoms with van der Waals surface area (Å²) in [6.45, 7) is 3.97. The second-order valence-electron chi connectivity index (χ2n) is 9.24. The number of carbonyl (C=O) groups excluding carboxylic acids is 1. The number of anilines is 1. The molecular weight excluding hydrogens is 508 g/mol. The van der Waals surface area contributed by atoms with Gasteiger partial charge in [0.15, 0.2) is 0 Å². The fraction of sp³-hybridized carbons (Fsp3) is 0.296. The van der Waals surface area contributed by atoms with Crippen molar-refractivity contribution in [2.45, 2.75) is 32.4 Å². The minimum absolute atomic E-state index is 0.00580. The highest BCUT2D eigenvalue weighted by Gasteiger charge is 2.19. The Labute approximate surface area is 222 Å². The molecule has 0 aliphatic heterocycles. The Bertz CT molecular complexity index is 1360. The van der Waals surface area contributed by atoms with Crippen LogP contribution in [0.1, 0.15) is 41.4 Å². The van der Waals surface area contributed by atoms with Crippen LogP contribution in [0, 0.1) is 0 Å². The number of aliphatic hydroxyl groups excluding tert-OH is 1. The maximum atomic E-state index is 12.5. The van der Waals surface area contributed by atoms with E-state index < -0.39 is 28.1 Å². The van der Waals surface area contributed by atoms with Crippen molar-refractivity contribution in [1.29, 1.82) is 0 Å². The van der Waals surface area contributed by atoms with Crippen LogP contribution < -0.4 is 10.0 Å². The molecule has 1 aromatic heterocycles. The third-order valence-electron chi connectivity index (χ3n) is 5.68. The number of carboxylic acid groups (broad SMARTS) is 1. The first-order valence-electron chi connectivity index (χ1n) is 12.0. The van der Waals surface area contributed by atoms with E-state index in [1.165, 1.54) is 11.1 Å². The molecule has 10 nitrogen and oxygen atoms in total. The second-order valence-corrected chi connectivity index (χ2v) is 11.0. The van der Waals surface area contributed by atoms with Crippen LogP contribution in [0.2, 0.25) is 0 Å². The number of nitrogens with one attached hydrogen (secondary N) is 2. The number of rotatable bonds is 11. The predicted molar refractivity (Wildman–Crippen MR) is 145 cm³/mol. The first-order chi connectivity index (χ1) is 17.9. The standard InChI is InChI=1S/C27H32N4O6S/c1-18(2)29-24-15-21(10-11-23(24)26(33)30-38(3,36)37)20-8-6-19(7-9-20)12-14-31(27(34)35)17-25(32)22-5-4-13-28-16-22/h4-11,13,15-16,18,25,29,32H,12,14,17H2,1-3H3,(H,30,33)(H,34,35)/t25-/m1/s1. The summed E-state index contributed by atoms with van der Waals surface area (Å²) in [6, 6.07) is 16.1. The van der Waals surface area contributed by atoms with Gasteiger partial charge in [-0.25, -0.2) is 17.9 Å². The molecule has 0 fully saturated rings. The van der Waals surface area contributed by atoms with E-state index in [0.717, 1.165) is 22.9 Å². The van der Waals surface area contributed by atoms with Crippen LogP contribution >= 0.6 is 0 Å². The Hall–Kier alpha value is -3.96. The van der Waals surface area contributed by atoms with Crippen molar-refractivity contribution >= 4 is 27.7 Å². The molecule has 11 heteroatoms. The van der Waals surface area contributed by atoms with Crippen molar-refractivity contribution in [3.8, 4) is 11.1 Å². The van der Waals surface area contributed by atoms with Gasteiger partial charge >= 0.3 is 6.09 Å². The molecule has 3 rings (SSSR count). The highest BCUT2D eigenvalue weighted by atomic mass is 32.2. The highest BCUT2D eigenvalue weighted by molar-refractivity contribution is 7.89. The zero-order valence-electron chi connectivity index (χ0n) is 21.5. The number of benzene rings is 2. The van der Waals surface area contributed by atoms with Gasteiger partial charge in [0.2, 0.25) is 10.0 Å². The van der Waals surface area contributed by atoms with Crippen LogP contribution in [0.3, 0.4) is 0 Å². The monoisotopic (exact) mass is 540 g/mol. The van der Waals surface area contributed by atoms with E-state index in [9.17, 15) is 28.2 Å². The van der Waals surface area contributed by atoms with Gasteiger partial charge in [-0.2, -0.15) is 0 Å². The topological polar surface area (TPSA) is 149 Å². The quantitative estimate of drug-likeness (QED) is 0.289. The van der Waals surface area contributed by atoms with Crippen molar-refractivity contribution < 1.29 is 28.2 Å². The SMILES string of the molecule is CC(C)Nc1cc(-c2ccc(CCN(C[C@@H](O)c3cccnc3)C(=O)O)cc2)ccc1C(=O)NS(C)(=O)=O. The summed E-state index contributed by atoms with van der Waals surface area (Å²) >= 11 is 0. The summed E-state index contributed by atoms with van der Waals surface area (Å²) in [4.78, 5) is 29.3. The number of sulfonamides is 1. The Morgan fingerprint density at radius 1 is 1.05 bits per heavy atom. The molecule has 0 saturated heterocycles. The van der Waals surface area contributed by atoms with E-state index >= 15 is 0 Å². The molecule has 1 heterocycles. The van der Waals surface area contributed by atoms with Gasteiger partial charge in [0.05, 0.1) is 24.5 Å². The molecular formula is C27H32N4O6S. The number of nitrogens with zero attached hydrogens (tertiary/aromatic N) is 2. The van der Waals surface area contributed by atoms with Gasteiger partial charge < -0.3 is 20.4 Å². The van der Waals surface area contributed by atoms with Crippen molar-refractivity contribution in [3.05, 3.63) is 83.7 Å². The molecule has 0 saturated carbocycles. The molecule has 4 N–H and O–H groups in total. The minimum atomic E-state index is -3.71. The van der Waals surface area contributed by atoms with Crippen LogP contribution in [-0.2, 0) is 16.4 Å². The lowest BCUT2D eigenvalue weighted by atomic mass is 9.99. The van der Waals surface area contributed by atoms with Crippen LogP contribution in [-0.4, -0.2) is 65.9 Å². The second kappa shape index (κ2) is 12.5. The lowest BCUT2D eigenvalue weighted by Gasteiger charge is -2.22. The largest absolute Gasteiger partial charge is 0.465 e. The van der Waals surface area contributed by atoms with Gasteiger partial charge in [0.1, 0.15) is 0 Å². The molecule has 0 bridgehead atoms. The number of aliphatic hydroxyl groups is 1. The zero-order chi connectivity index (χ0) is 27.9. The van der Waals surface area contributed by atoms with E-state index in [1.807, 2.05) is 42.8 Å². The summed E-state index contributed by atoms with van der Waals surface area (Å²) in [5.74, 6) is -0.714. The summed E-state index contributed by atoms with van der Waals surface area (Å²) in [5, 5.41) is 23.2. The van der Waals surface area contributed by atoms with Gasteiger partial charge in [0, 0.05) is 36.2 Å². The molecule has 0 aliphatic carbocycles. The lowest BCUT2D eigenvalue weighted by molar-refractivity contribution is 0.0970. The van der Waals surface area contributed by atoms with E-state index in [1.54, 1.807) is 36.5 Å². The zero-order valence-corrected chi connectivity index (χ0v) is 22.3. The van der Waals surface area contributed by atoms with Crippen LogP contribution in [0.4, 0.5) is 10.5 Å². The van der Waals surface area contributed by atoms with Gasteiger partial charge in [-0.1, -0.05) is 36.4 Å². The van der Waals surface area contributed by atoms with Crippen LogP contribution in [0.25, 0.3) is 11.1 Å². The number of aromatic nitrogens is 1. The summed E-state index contributed by atoms with van der Waals surface area (Å²) in [6.07, 6.45) is 2.39. The van der Waals surface area contributed by atoms with Crippen molar-refractivity contribution in [2.75, 3.05) is 24.7 Å². The average Bonchev–Trinajstić information content (AvgIpc) is 2.85. The smallest absolute Gasteiger partial charge is 0.407 e. The number of hydrogen-bond donors (Lipinski definition) is 4. The lowest BCUT2D eigenvalue weighted by Crippen LogP contribution is -2.35. The number of pyridine rings is 1. The Morgan fingerprint density at radius 2 is 1.74 bits per heavy atom. The average molecular weight is 541 g/mol. The van der Waals surface area contributed by atoms with Crippen molar-refractivity contribution in [2.24, 2.45) is 0 Å². The normalized spacial score (nSPS) is 12.1. The first kappa shape index (κ1) is 28.6. The number of amides is 2. The van der Waals surface area contributed by atoms with E-state index in [0.29, 0.717) is 17.7 Å². The molecule has 0 spiro atoms. The fourth-order valence-corrected chi connectivity index (χ4v) is 4.30. The van der Waals surface area contributed by atoms with Crippen LogP contribution in [0.5, 0.6) is 0 Å². The van der Waals surface area contributed by atoms with E-state index in [-0.39, 0.29) is 24.7 Å². The number of carbonyl (C=O) groups is 2. The third-order valence-corrected chi connectivity index (χ3v) is 6.23. The van der Waals surface area contributed by atoms with Crippen molar-refractivity contribution in [1.82, 2.24) is 14.6 Å². The van der Waals surface area contributed by atoms with Gasteiger partial charge in [-0.15, -0.1) is 0 Å². The molecule has 0 unspecified atom stereocenters. The summed E-state index contributed by atoms with van der Waals surface area (Å²) < 4.78 is 25.0. The molecule has 0 radical (unpaired) electrons. The van der Waals surface area contributed by atoms with Gasteiger partial charge in [-0.05, 0) is 55.2 Å². The molecule has 3 aromatic rings.